The van der Waals surface area contributed by atoms with Gasteiger partial charge in [0, 0.05) is 17.1 Å². The summed E-state index contributed by atoms with van der Waals surface area (Å²) in [6.45, 7) is 0. The first-order valence-corrected chi connectivity index (χ1v) is 15.1. The van der Waals surface area contributed by atoms with E-state index in [0.29, 0.717) is 5.56 Å². The van der Waals surface area contributed by atoms with Crippen molar-refractivity contribution in [3.05, 3.63) is 188 Å². The minimum Gasteiger partial charge on any atom is -0.310 e. The van der Waals surface area contributed by atoms with Crippen LogP contribution in [0.1, 0.15) is 5.48 Å². The molecule has 8 aromatic rings. The lowest BCUT2D eigenvalue weighted by molar-refractivity contribution is 1.28. The summed E-state index contributed by atoms with van der Waals surface area (Å²) in [5, 5.41) is 4.61. The van der Waals surface area contributed by atoms with Crippen LogP contribution in [0.15, 0.2) is 188 Å². The Kier molecular flexibility index (Phi) is 5.84. The van der Waals surface area contributed by atoms with Gasteiger partial charge in [-0.05, 0) is 103 Å². The molecule has 0 spiro atoms. The van der Waals surface area contributed by atoms with Crippen molar-refractivity contribution < 1.29 is 5.48 Å². The van der Waals surface area contributed by atoms with Crippen molar-refractivity contribution in [2.45, 2.75) is 0 Å². The lowest BCUT2D eigenvalue weighted by Crippen LogP contribution is -2.10. The molecule has 0 amide bonds. The zero-order valence-electron chi connectivity index (χ0n) is 28.5. The van der Waals surface area contributed by atoms with Crippen molar-refractivity contribution in [3.8, 4) is 33.4 Å². The van der Waals surface area contributed by atoms with E-state index in [1.165, 1.54) is 0 Å². The fraction of sp³-hybridized carbons (Fsp3) is 0. The van der Waals surface area contributed by atoms with Gasteiger partial charge in [-0.15, -0.1) is 0 Å². The minimum atomic E-state index is -0.105. The molecule has 8 aromatic carbocycles. The quantitative estimate of drug-likeness (QED) is 0.190. The molecule has 0 fully saturated rings. The van der Waals surface area contributed by atoms with Crippen molar-refractivity contribution in [2.24, 2.45) is 0 Å². The Labute approximate surface area is 269 Å². The second-order valence-corrected chi connectivity index (χ2v) is 11.1. The van der Waals surface area contributed by atoms with E-state index in [-0.39, 0.29) is 35.4 Å². The summed E-state index contributed by atoms with van der Waals surface area (Å²) in [7, 11) is 0. The van der Waals surface area contributed by atoms with E-state index in [9.17, 15) is 2.74 Å². The SMILES string of the molecule is [2H]c1c([2H])c(N(c2cccc(-c3ccc4ccccc4c3)c2)c2cccc(-c3ccc4ccccc4c3)c2)c([2H])c([2H])c1-c1ccccc1. The molecular formula is C44H31N. The van der Waals surface area contributed by atoms with Crippen LogP contribution in [0.4, 0.5) is 17.1 Å². The lowest BCUT2D eigenvalue weighted by Gasteiger charge is -2.27. The maximum absolute atomic E-state index is 9.34. The Balaban J connectivity index is 1.33. The number of benzene rings is 8. The molecule has 8 rings (SSSR count). The van der Waals surface area contributed by atoms with Gasteiger partial charge in [-0.25, -0.2) is 0 Å². The van der Waals surface area contributed by atoms with Crippen molar-refractivity contribution in [3.63, 3.8) is 0 Å². The Morgan fingerprint density at radius 3 is 1.27 bits per heavy atom. The molecule has 0 aliphatic carbocycles. The highest BCUT2D eigenvalue weighted by Gasteiger charge is 2.15. The zero-order valence-corrected chi connectivity index (χ0v) is 24.5. The second kappa shape index (κ2) is 11.6. The van der Waals surface area contributed by atoms with Crippen LogP contribution in [0, 0.1) is 0 Å². The molecule has 0 aromatic heterocycles. The fourth-order valence-corrected chi connectivity index (χ4v) is 5.96. The monoisotopic (exact) mass is 577 g/mol. The number of fused-ring (bicyclic) bond motifs is 2. The van der Waals surface area contributed by atoms with Crippen molar-refractivity contribution >= 4 is 38.6 Å². The van der Waals surface area contributed by atoms with Gasteiger partial charge in [0.2, 0.25) is 0 Å². The van der Waals surface area contributed by atoms with E-state index >= 15 is 0 Å². The Morgan fingerprint density at radius 1 is 0.289 bits per heavy atom. The summed E-state index contributed by atoms with van der Waals surface area (Å²) in [5.41, 5.74) is 6.65. The second-order valence-electron chi connectivity index (χ2n) is 11.1. The molecule has 1 nitrogen and oxygen atoms in total. The van der Waals surface area contributed by atoms with Crippen LogP contribution in [0.2, 0.25) is 0 Å². The first kappa shape index (κ1) is 22.6. The third kappa shape index (κ3) is 5.37. The molecule has 0 atom stereocenters. The molecule has 0 saturated heterocycles. The highest BCUT2D eigenvalue weighted by atomic mass is 15.1. The van der Waals surface area contributed by atoms with E-state index in [1.54, 1.807) is 0 Å². The van der Waals surface area contributed by atoms with Crippen molar-refractivity contribution in [1.82, 2.24) is 0 Å². The van der Waals surface area contributed by atoms with Gasteiger partial charge in [0.05, 0.1) is 5.48 Å². The molecule has 0 aliphatic rings. The van der Waals surface area contributed by atoms with Gasteiger partial charge in [0.15, 0.2) is 0 Å². The van der Waals surface area contributed by atoms with Crippen LogP contribution in [0.5, 0.6) is 0 Å². The topological polar surface area (TPSA) is 3.24 Å². The number of nitrogens with zero attached hydrogens (tertiary/aromatic N) is 1. The largest absolute Gasteiger partial charge is 0.310 e. The number of anilines is 3. The van der Waals surface area contributed by atoms with E-state index in [0.717, 1.165) is 55.2 Å². The van der Waals surface area contributed by atoms with E-state index in [4.69, 9.17) is 2.74 Å². The highest BCUT2D eigenvalue weighted by molar-refractivity contribution is 5.90. The normalized spacial score (nSPS) is 12.4. The van der Waals surface area contributed by atoms with Crippen LogP contribution in [0.25, 0.3) is 54.9 Å². The molecule has 0 radical (unpaired) electrons. The predicted molar refractivity (Wildman–Crippen MR) is 192 cm³/mol. The first-order chi connectivity index (χ1) is 24.0. The van der Waals surface area contributed by atoms with Gasteiger partial charge in [-0.2, -0.15) is 0 Å². The Morgan fingerprint density at radius 2 is 0.733 bits per heavy atom. The summed E-state index contributed by atoms with van der Waals surface area (Å²) in [4.78, 5) is 1.87. The minimum absolute atomic E-state index is 0.0800. The summed E-state index contributed by atoms with van der Waals surface area (Å²) in [6.07, 6.45) is 0. The summed E-state index contributed by atoms with van der Waals surface area (Å²) in [5.74, 6) is 0. The lowest BCUT2D eigenvalue weighted by atomic mass is 9.99. The third-order valence-corrected chi connectivity index (χ3v) is 8.27. The fourth-order valence-electron chi connectivity index (χ4n) is 5.96. The van der Waals surface area contributed by atoms with Gasteiger partial charge in [-0.1, -0.05) is 139 Å². The maximum atomic E-state index is 9.34. The number of hydrogen-bond acceptors (Lipinski definition) is 1. The average molecular weight is 578 g/mol. The third-order valence-electron chi connectivity index (χ3n) is 8.27. The maximum Gasteiger partial charge on any atom is 0.0645 e. The molecule has 0 heterocycles. The van der Waals surface area contributed by atoms with E-state index in [2.05, 4.69) is 84.9 Å². The van der Waals surface area contributed by atoms with Crippen LogP contribution >= 0.6 is 0 Å². The zero-order chi connectivity index (χ0) is 33.5. The predicted octanol–water partition coefficient (Wildman–Crippen LogP) is 12.5. The van der Waals surface area contributed by atoms with Gasteiger partial charge >= 0.3 is 0 Å². The van der Waals surface area contributed by atoms with E-state index < -0.39 is 0 Å². The molecule has 1 heteroatoms. The summed E-state index contributed by atoms with van der Waals surface area (Å²) >= 11 is 0. The number of rotatable bonds is 6. The number of hydrogen-bond donors (Lipinski definition) is 0. The van der Waals surface area contributed by atoms with Crippen LogP contribution < -0.4 is 4.90 Å². The summed E-state index contributed by atoms with van der Waals surface area (Å²) in [6, 6.07) is 54.3. The average Bonchev–Trinajstić information content (AvgIpc) is 3.16. The van der Waals surface area contributed by atoms with E-state index in [1.807, 2.05) is 83.8 Å². The van der Waals surface area contributed by atoms with Gasteiger partial charge in [0.25, 0.3) is 0 Å². The molecule has 0 saturated carbocycles. The van der Waals surface area contributed by atoms with Gasteiger partial charge < -0.3 is 4.90 Å². The van der Waals surface area contributed by atoms with Crippen LogP contribution in [0.3, 0.4) is 0 Å². The van der Waals surface area contributed by atoms with Crippen molar-refractivity contribution in [1.29, 1.82) is 0 Å². The molecule has 0 aliphatic heterocycles. The first-order valence-electron chi connectivity index (χ1n) is 17.1. The molecule has 212 valence electrons. The van der Waals surface area contributed by atoms with Crippen LogP contribution in [-0.2, 0) is 0 Å². The molecular weight excluding hydrogens is 542 g/mol. The Bertz CT molecular complexity index is 2360. The summed E-state index contributed by atoms with van der Waals surface area (Å²) < 4.78 is 36.9. The van der Waals surface area contributed by atoms with Crippen molar-refractivity contribution in [2.75, 3.05) is 4.90 Å². The highest BCUT2D eigenvalue weighted by Crippen LogP contribution is 2.39. The molecule has 0 unspecified atom stereocenters. The van der Waals surface area contributed by atoms with Gasteiger partial charge in [0.1, 0.15) is 0 Å². The van der Waals surface area contributed by atoms with Gasteiger partial charge in [-0.3, -0.25) is 0 Å². The molecule has 45 heavy (non-hydrogen) atoms. The Hall–Kier alpha value is -5.92. The smallest absolute Gasteiger partial charge is 0.0645 e. The standard InChI is InChI=1S/C44H31N/c1-2-10-32(11-3-1)35-24-26-42(27-25-35)45(43-18-8-16-38(30-43)40-22-20-33-12-4-6-14-36(33)28-40)44-19-9-17-39(31-44)41-23-21-34-13-5-7-15-37(34)29-41/h1-31H/i24D,25D,26D,27D. The van der Waals surface area contributed by atoms with Crippen LogP contribution in [-0.4, -0.2) is 0 Å². The molecule has 0 bridgehead atoms. The molecule has 0 N–H and O–H groups in total.